The lowest BCUT2D eigenvalue weighted by molar-refractivity contribution is 0.0390. The van der Waals surface area contributed by atoms with Gasteiger partial charge in [-0.15, -0.1) is 0 Å². The molecule has 3 heterocycles. The van der Waals surface area contributed by atoms with Gasteiger partial charge in [-0.3, -0.25) is 19.5 Å². The van der Waals surface area contributed by atoms with E-state index < -0.39 is 0 Å². The fraction of sp³-hybridized carbons (Fsp3) is 0.355. The molecule has 1 amide bonds. The molecule has 4 N–H and O–H groups in total. The molecule has 232 valence electrons. The van der Waals surface area contributed by atoms with Crippen LogP contribution in [0.2, 0.25) is 0 Å². The summed E-state index contributed by atoms with van der Waals surface area (Å²) in [6.45, 7) is 4.63. The van der Waals surface area contributed by atoms with E-state index in [-0.39, 0.29) is 34.1 Å². The van der Waals surface area contributed by atoms with Crippen LogP contribution in [0.3, 0.4) is 0 Å². The largest absolute Gasteiger partial charge is 0.388 e. The monoisotopic (exact) mass is 618 g/mol. The van der Waals surface area contributed by atoms with Gasteiger partial charge in [0.05, 0.1) is 36.2 Å². The molecule has 0 aliphatic heterocycles. The Morgan fingerprint density at radius 3 is 2.64 bits per heavy atom. The first-order chi connectivity index (χ1) is 21.4. The van der Waals surface area contributed by atoms with Crippen molar-refractivity contribution in [1.29, 1.82) is 0 Å². The number of rotatable bonds is 8. The van der Waals surface area contributed by atoms with Crippen molar-refractivity contribution in [2.75, 3.05) is 19.4 Å². The van der Waals surface area contributed by atoms with Crippen molar-refractivity contribution in [2.24, 2.45) is 0 Å². The van der Waals surface area contributed by atoms with Gasteiger partial charge in [0.2, 0.25) is 0 Å². The van der Waals surface area contributed by atoms with Crippen LogP contribution in [0.1, 0.15) is 49.4 Å². The molecule has 1 fully saturated rings. The summed E-state index contributed by atoms with van der Waals surface area (Å²) >= 11 is 4.82. The van der Waals surface area contributed by atoms with Gasteiger partial charge in [-0.2, -0.15) is 4.98 Å². The molecule has 0 spiro atoms. The van der Waals surface area contributed by atoms with Crippen molar-refractivity contribution in [3.8, 4) is 0 Å². The Kier molecular flexibility index (Phi) is 11.7. The lowest BCUT2D eigenvalue weighted by Crippen LogP contribution is -2.34. The second kappa shape index (κ2) is 15.8. The zero-order valence-electron chi connectivity index (χ0n) is 25.3. The summed E-state index contributed by atoms with van der Waals surface area (Å²) in [5.74, 6) is 0.213. The van der Waals surface area contributed by atoms with Crippen LogP contribution in [-0.2, 0) is 18.0 Å². The topological polar surface area (TPSA) is 152 Å². The number of H-pyrrole nitrogens is 1. The fourth-order valence-electron chi connectivity index (χ4n) is 4.79. The number of aromatic amines is 1. The number of nitrogens with zero attached hydrogens (tertiary/aromatic N) is 4. The number of amides is 1. The second-order valence-corrected chi connectivity index (χ2v) is 10.2. The third kappa shape index (κ3) is 8.34. The van der Waals surface area contributed by atoms with E-state index in [1.807, 2.05) is 20.9 Å². The number of fused-ring (bicyclic) bond motifs is 2. The van der Waals surface area contributed by atoms with Crippen LogP contribution in [0.25, 0.3) is 21.7 Å². The highest BCUT2D eigenvalue weighted by molar-refractivity contribution is 7.71. The Morgan fingerprint density at radius 2 is 1.91 bits per heavy atom. The summed E-state index contributed by atoms with van der Waals surface area (Å²) < 4.78 is 12.2. The number of benzene rings is 2. The molecule has 6 rings (SSSR count). The summed E-state index contributed by atoms with van der Waals surface area (Å²) in [5, 5.41) is 14.5. The Morgan fingerprint density at radius 1 is 1.11 bits per heavy atom. The van der Waals surface area contributed by atoms with Gasteiger partial charge in [0, 0.05) is 25.8 Å². The van der Waals surface area contributed by atoms with Gasteiger partial charge in [-0.05, 0) is 60.5 Å². The number of carbonyl (C=O) groups excluding carboxylic acids is 1. The van der Waals surface area contributed by atoms with E-state index >= 15 is 0 Å². The van der Waals surface area contributed by atoms with Gasteiger partial charge >= 0.3 is 4.84 Å². The predicted octanol–water partition coefficient (Wildman–Crippen LogP) is 4.79. The number of aromatic nitrogens is 5. The Bertz CT molecular complexity index is 1800. The summed E-state index contributed by atoms with van der Waals surface area (Å²) in [7, 11) is 3.45. The Hall–Kier alpha value is -4.46. The number of carbonyl (C=O) groups is 1. The van der Waals surface area contributed by atoms with Crippen LogP contribution in [0.4, 0.5) is 5.69 Å². The van der Waals surface area contributed by atoms with Gasteiger partial charge in [0.15, 0.2) is 5.82 Å². The molecule has 12 nitrogen and oxygen atoms in total. The smallest absolute Gasteiger partial charge is 0.314 e. The molecule has 2 atom stereocenters. The molecular weight excluding hydrogens is 580 g/mol. The molecule has 2 aromatic carbocycles. The van der Waals surface area contributed by atoms with E-state index in [4.69, 9.17) is 21.5 Å². The Labute approximate surface area is 260 Å². The van der Waals surface area contributed by atoms with Crippen LogP contribution in [-0.4, -0.2) is 56.8 Å². The second-order valence-electron chi connectivity index (χ2n) is 9.83. The number of pyridine rings is 1. The molecule has 44 heavy (non-hydrogen) atoms. The molecule has 0 radical (unpaired) electrons. The zero-order valence-corrected chi connectivity index (χ0v) is 26.1. The van der Waals surface area contributed by atoms with E-state index in [2.05, 4.69) is 78.5 Å². The van der Waals surface area contributed by atoms with Crippen molar-refractivity contribution in [2.45, 2.75) is 58.5 Å². The van der Waals surface area contributed by atoms with Gasteiger partial charge in [-0.1, -0.05) is 44.2 Å². The van der Waals surface area contributed by atoms with Crippen LogP contribution < -0.4 is 21.5 Å². The van der Waals surface area contributed by atoms with Gasteiger partial charge in [0.25, 0.3) is 11.5 Å². The zero-order chi connectivity index (χ0) is 31.5. The quantitative estimate of drug-likeness (QED) is 0.179. The summed E-state index contributed by atoms with van der Waals surface area (Å²) in [6.07, 6.45) is 5.66. The normalized spacial score (nSPS) is 15.6. The van der Waals surface area contributed by atoms with E-state index in [1.165, 1.54) is 41.0 Å². The molecule has 5 aromatic rings. The van der Waals surface area contributed by atoms with Crippen molar-refractivity contribution < 1.29 is 14.1 Å². The molecule has 1 saturated carbocycles. The Balaban J connectivity index is 0.000000262. The first-order valence-electron chi connectivity index (χ1n) is 14.6. The van der Waals surface area contributed by atoms with Crippen LogP contribution in [0.15, 0.2) is 70.4 Å². The maximum absolute atomic E-state index is 12.8. The summed E-state index contributed by atoms with van der Waals surface area (Å²) in [5.41, 5.74) is 1.56. The van der Waals surface area contributed by atoms with E-state index in [9.17, 15) is 9.59 Å². The molecular formula is C31H38N8O4S. The molecule has 2 unspecified atom stereocenters. The SMILES string of the molecule is CC.CNC(=O)c1cc2c(=O)n(CNC3CCC(OCc4nc(=S)o[nH]4)C3)cnc2cn1.CNc1ccc2ccccc2c1. The first kappa shape index (κ1) is 32.5. The van der Waals surface area contributed by atoms with Crippen LogP contribution in [0, 0.1) is 4.84 Å². The van der Waals surface area contributed by atoms with Crippen molar-refractivity contribution in [1.82, 2.24) is 35.3 Å². The predicted molar refractivity (Wildman–Crippen MR) is 173 cm³/mol. The highest BCUT2D eigenvalue weighted by Crippen LogP contribution is 2.23. The van der Waals surface area contributed by atoms with Gasteiger partial charge in [-0.25, -0.2) is 15.1 Å². The van der Waals surface area contributed by atoms with Crippen molar-refractivity contribution >= 4 is 45.5 Å². The fourth-order valence-corrected chi connectivity index (χ4v) is 4.94. The highest BCUT2D eigenvalue weighted by Gasteiger charge is 2.25. The summed E-state index contributed by atoms with van der Waals surface area (Å²) in [6, 6.07) is 16.4. The number of anilines is 1. The first-order valence-corrected chi connectivity index (χ1v) is 15.0. The van der Waals surface area contributed by atoms with E-state index in [1.54, 1.807) is 0 Å². The van der Waals surface area contributed by atoms with E-state index in [0.717, 1.165) is 24.9 Å². The number of hydrogen-bond donors (Lipinski definition) is 4. The minimum Gasteiger partial charge on any atom is -0.388 e. The number of ether oxygens (including phenoxy) is 1. The molecule has 3 aromatic heterocycles. The maximum Gasteiger partial charge on any atom is 0.314 e. The average molecular weight is 619 g/mol. The maximum atomic E-state index is 12.8. The van der Waals surface area contributed by atoms with Crippen LogP contribution in [0.5, 0.6) is 0 Å². The number of nitrogens with one attached hydrogen (secondary N) is 4. The van der Waals surface area contributed by atoms with E-state index in [0.29, 0.717) is 30.0 Å². The molecule has 1 aliphatic carbocycles. The minimum atomic E-state index is -0.353. The molecule has 0 bridgehead atoms. The lowest BCUT2D eigenvalue weighted by atomic mass is 10.1. The average Bonchev–Trinajstić information content (AvgIpc) is 3.72. The number of hydrogen-bond acceptors (Lipinski definition) is 10. The molecule has 0 saturated heterocycles. The third-order valence-electron chi connectivity index (χ3n) is 7.08. The van der Waals surface area contributed by atoms with Gasteiger partial charge < -0.3 is 19.9 Å². The van der Waals surface area contributed by atoms with Crippen molar-refractivity contribution in [3.63, 3.8) is 0 Å². The molecule has 13 heteroatoms. The standard InChI is InChI=1S/C18H21N7O4S.C11H11N.C2H6/c1-19-16(26)13-5-12-14(6-20-13)22-9-25(17(12)27)8-21-10-2-3-11(4-10)28-7-15-23-18(30)29-24-15;1-12-11-7-6-9-4-2-3-5-10(9)8-11;1-2/h5-6,9-11,21H,2-4,7-8H2,1H3,(H,19,26)(H,23,24,30);2-8,12H,1H3;1-2H3. The van der Waals surface area contributed by atoms with Gasteiger partial charge in [0.1, 0.15) is 12.3 Å². The third-order valence-corrected chi connectivity index (χ3v) is 7.26. The molecule has 1 aliphatic rings. The van der Waals surface area contributed by atoms with Crippen LogP contribution >= 0.6 is 12.2 Å². The highest BCUT2D eigenvalue weighted by atomic mass is 32.1. The summed E-state index contributed by atoms with van der Waals surface area (Å²) in [4.78, 5) is 37.0. The lowest BCUT2D eigenvalue weighted by Gasteiger charge is -2.15. The van der Waals surface area contributed by atoms with Crippen molar-refractivity contribution in [3.05, 3.63) is 87.8 Å². The minimum absolute atomic E-state index is 0.0915.